The van der Waals surface area contributed by atoms with Gasteiger partial charge < -0.3 is 9.13 Å². The van der Waals surface area contributed by atoms with E-state index in [0.717, 1.165) is 144 Å². The van der Waals surface area contributed by atoms with E-state index in [4.69, 9.17) is 15.0 Å². The SMILES string of the molecule is N#Cc1ccc(-c2cc(-c3nc(-c4cc(-c5cccc(C#N)c5)cc(-n5c6ccc(-c7ccccc7)cc6c6cc(-c7ccccc7)ccc65)c4)nc(-c4ccccc4-c4ccc(C#N)cc4)n3)cc(-n3c4ccc(-c5ccccc5)cc4c4cc(-c5ccccc5)ccc43)c2)cc1. The highest BCUT2D eigenvalue weighted by atomic mass is 15.0. The molecule has 0 unspecified atom stereocenters. The van der Waals surface area contributed by atoms with Crippen molar-refractivity contribution < 1.29 is 0 Å². The molecule has 0 spiro atoms. The average molecular weight is 1250 g/mol. The highest BCUT2D eigenvalue weighted by molar-refractivity contribution is 6.13. The number of rotatable bonds is 12. The molecule has 0 bridgehead atoms. The van der Waals surface area contributed by atoms with Gasteiger partial charge in [-0.15, -0.1) is 0 Å². The van der Waals surface area contributed by atoms with Gasteiger partial charge in [0.05, 0.1) is 57.0 Å². The van der Waals surface area contributed by atoms with Crippen LogP contribution in [-0.2, 0) is 0 Å². The van der Waals surface area contributed by atoms with Crippen LogP contribution in [0.25, 0.3) is 167 Å². The zero-order valence-electron chi connectivity index (χ0n) is 52.8. The summed E-state index contributed by atoms with van der Waals surface area (Å²) in [6, 6.07) is 120. The molecule has 0 aliphatic carbocycles. The van der Waals surface area contributed by atoms with Gasteiger partial charge in [0, 0.05) is 49.6 Å². The molecule has 3 aromatic heterocycles. The van der Waals surface area contributed by atoms with Gasteiger partial charge in [0.2, 0.25) is 0 Å². The number of benzene rings is 14. The van der Waals surface area contributed by atoms with Crippen molar-refractivity contribution in [1.29, 1.82) is 15.8 Å². The maximum Gasteiger partial charge on any atom is 0.164 e. The van der Waals surface area contributed by atoms with Crippen LogP contribution in [0.1, 0.15) is 16.7 Å². The van der Waals surface area contributed by atoms with E-state index in [2.05, 4.69) is 240 Å². The number of fused-ring (bicyclic) bond motifs is 6. The molecular weight excluding hydrogens is 1190 g/mol. The van der Waals surface area contributed by atoms with Crippen molar-refractivity contribution in [3.8, 4) is 142 Å². The molecule has 14 aromatic carbocycles. The molecule has 454 valence electrons. The first kappa shape index (κ1) is 58.0. The number of nitrogens with zero attached hydrogens (tertiary/aromatic N) is 8. The minimum atomic E-state index is 0.418. The number of hydrogen-bond donors (Lipinski definition) is 0. The maximum atomic E-state index is 10.4. The molecule has 8 nitrogen and oxygen atoms in total. The van der Waals surface area contributed by atoms with Crippen LogP contribution in [0.15, 0.2) is 328 Å². The van der Waals surface area contributed by atoms with E-state index in [9.17, 15) is 15.8 Å². The second-order valence-electron chi connectivity index (χ2n) is 24.5. The van der Waals surface area contributed by atoms with E-state index < -0.39 is 0 Å². The summed E-state index contributed by atoms with van der Waals surface area (Å²) in [6.45, 7) is 0. The van der Waals surface area contributed by atoms with Gasteiger partial charge in [-0.1, -0.05) is 206 Å². The van der Waals surface area contributed by atoms with Crippen molar-refractivity contribution in [2.75, 3.05) is 0 Å². The van der Waals surface area contributed by atoms with Crippen molar-refractivity contribution >= 4 is 43.6 Å². The molecule has 17 aromatic rings. The first-order valence-electron chi connectivity index (χ1n) is 32.5. The molecule has 0 amide bonds. The molecule has 0 saturated carbocycles. The van der Waals surface area contributed by atoms with Crippen LogP contribution < -0.4 is 0 Å². The van der Waals surface area contributed by atoms with Gasteiger partial charge in [-0.05, 0) is 199 Å². The lowest BCUT2D eigenvalue weighted by molar-refractivity contribution is 1.07. The van der Waals surface area contributed by atoms with E-state index in [-0.39, 0.29) is 0 Å². The van der Waals surface area contributed by atoms with E-state index in [1.807, 2.05) is 115 Å². The van der Waals surface area contributed by atoms with Gasteiger partial charge in [-0.3, -0.25) is 0 Å². The van der Waals surface area contributed by atoms with Crippen molar-refractivity contribution in [3.63, 3.8) is 0 Å². The largest absolute Gasteiger partial charge is 0.309 e. The Labute approximate surface area is 566 Å². The fraction of sp³-hybridized carbons (Fsp3) is 0. The van der Waals surface area contributed by atoms with Crippen molar-refractivity contribution in [1.82, 2.24) is 24.1 Å². The summed E-state index contributed by atoms with van der Waals surface area (Å²) in [5, 5.41) is 34.8. The zero-order valence-corrected chi connectivity index (χ0v) is 52.8. The zero-order chi connectivity index (χ0) is 65.6. The fourth-order valence-corrected chi connectivity index (χ4v) is 13.8. The Morgan fingerprint density at radius 2 is 0.510 bits per heavy atom. The molecule has 0 saturated heterocycles. The van der Waals surface area contributed by atoms with Gasteiger partial charge >= 0.3 is 0 Å². The molecular formula is C90H54N8. The van der Waals surface area contributed by atoms with Crippen LogP contribution in [0.3, 0.4) is 0 Å². The van der Waals surface area contributed by atoms with Crippen LogP contribution in [-0.4, -0.2) is 24.1 Å². The van der Waals surface area contributed by atoms with Crippen molar-refractivity contribution in [2.24, 2.45) is 0 Å². The summed E-state index contributed by atoms with van der Waals surface area (Å²) >= 11 is 0. The van der Waals surface area contributed by atoms with Crippen molar-refractivity contribution in [3.05, 3.63) is 344 Å². The number of nitriles is 3. The van der Waals surface area contributed by atoms with Crippen LogP contribution >= 0.6 is 0 Å². The molecule has 17 rings (SSSR count). The van der Waals surface area contributed by atoms with E-state index >= 15 is 0 Å². The number of aromatic nitrogens is 5. The molecule has 3 heterocycles. The lowest BCUT2D eigenvalue weighted by Gasteiger charge is -2.17. The quantitative estimate of drug-likeness (QED) is 0.120. The van der Waals surface area contributed by atoms with Crippen LogP contribution in [0, 0.1) is 34.0 Å². The Bertz CT molecular complexity index is 5920. The average Bonchev–Trinajstić information content (AvgIpc) is 1.57. The van der Waals surface area contributed by atoms with E-state index in [0.29, 0.717) is 39.7 Å². The standard InChI is InChI=1S/C90H54N8/c91-55-58-28-32-65(33-29-58)72-45-74(49-76(47-72)97-84-40-36-68(61-17-5-1-6-18-61)51-80(84)81-52-69(37-41-85(81)97)62-19-7-2-8-20-62)88-94-89(96-90(95-88)79-27-14-13-26-78(79)66-34-30-59(56-92)31-35-66)75-46-73(67-25-15-16-60(44-67)57-93)48-77(50-75)98-86-42-38-70(63-21-9-3-10-22-63)53-82(86)83-54-71(39-43-87(83)98)64-23-11-4-12-24-64/h1-54H. The highest BCUT2D eigenvalue weighted by Gasteiger charge is 2.23. The Morgan fingerprint density at radius 3 is 0.908 bits per heavy atom. The molecule has 0 N–H and O–H groups in total. The molecule has 8 heteroatoms. The summed E-state index contributed by atoms with van der Waals surface area (Å²) < 4.78 is 4.68. The van der Waals surface area contributed by atoms with E-state index in [1.165, 1.54) is 0 Å². The minimum absolute atomic E-state index is 0.418. The second-order valence-corrected chi connectivity index (χ2v) is 24.5. The Kier molecular flexibility index (Phi) is 14.5. The van der Waals surface area contributed by atoms with Crippen molar-refractivity contribution in [2.45, 2.75) is 0 Å². The highest BCUT2D eigenvalue weighted by Crippen LogP contribution is 2.43. The third-order valence-electron chi connectivity index (χ3n) is 18.6. The monoisotopic (exact) mass is 1250 g/mol. The summed E-state index contributed by atoms with van der Waals surface area (Å²) in [5.74, 6) is 1.28. The van der Waals surface area contributed by atoms with Gasteiger partial charge in [0.15, 0.2) is 17.5 Å². The first-order chi connectivity index (χ1) is 48.4. The Morgan fingerprint density at radius 1 is 0.204 bits per heavy atom. The first-order valence-corrected chi connectivity index (χ1v) is 32.5. The smallest absolute Gasteiger partial charge is 0.164 e. The molecule has 0 fully saturated rings. The third kappa shape index (κ3) is 10.7. The van der Waals surface area contributed by atoms with Crippen LogP contribution in [0.4, 0.5) is 0 Å². The second kappa shape index (κ2) is 24.6. The summed E-state index contributed by atoms with van der Waals surface area (Å²) in [6.07, 6.45) is 0. The molecule has 0 radical (unpaired) electrons. The van der Waals surface area contributed by atoms with E-state index in [1.54, 1.807) is 0 Å². The maximum absolute atomic E-state index is 10.4. The number of hydrogen-bond acceptors (Lipinski definition) is 6. The van der Waals surface area contributed by atoms with Gasteiger partial charge in [-0.25, -0.2) is 15.0 Å². The Balaban J connectivity index is 0.935. The molecule has 0 atom stereocenters. The topological polar surface area (TPSA) is 120 Å². The normalized spacial score (nSPS) is 11.2. The van der Waals surface area contributed by atoms with Crippen LogP contribution in [0.5, 0.6) is 0 Å². The van der Waals surface area contributed by atoms with Gasteiger partial charge in [0.25, 0.3) is 0 Å². The van der Waals surface area contributed by atoms with Crippen LogP contribution in [0.2, 0.25) is 0 Å². The third-order valence-corrected chi connectivity index (χ3v) is 18.6. The summed E-state index contributed by atoms with van der Waals surface area (Å²) in [5.41, 5.74) is 23.8. The van der Waals surface area contributed by atoms with Gasteiger partial charge in [0.1, 0.15) is 0 Å². The Hall–Kier alpha value is -13.8. The lowest BCUT2D eigenvalue weighted by Crippen LogP contribution is -2.03. The minimum Gasteiger partial charge on any atom is -0.309 e. The lowest BCUT2D eigenvalue weighted by atomic mass is 9.97. The predicted octanol–water partition coefficient (Wildman–Crippen LogP) is 22.4. The fourth-order valence-electron chi connectivity index (χ4n) is 13.8. The molecule has 0 aliphatic rings. The summed E-state index contributed by atoms with van der Waals surface area (Å²) in [4.78, 5) is 16.8. The molecule has 0 aliphatic heterocycles. The molecule has 98 heavy (non-hydrogen) atoms. The summed E-state index contributed by atoms with van der Waals surface area (Å²) in [7, 11) is 0. The predicted molar refractivity (Wildman–Crippen MR) is 397 cm³/mol. The van der Waals surface area contributed by atoms with Gasteiger partial charge in [-0.2, -0.15) is 15.8 Å².